The van der Waals surface area contributed by atoms with Gasteiger partial charge in [0.25, 0.3) is 0 Å². The van der Waals surface area contributed by atoms with Gasteiger partial charge in [0.1, 0.15) is 0 Å². The van der Waals surface area contributed by atoms with E-state index in [1.165, 1.54) is 6.92 Å². The number of pyridine rings is 1. The first-order valence-electron chi connectivity index (χ1n) is 5.33. The number of carbonyl (C=O) groups is 1. The van der Waals surface area contributed by atoms with Crippen LogP contribution in [0.25, 0.3) is 10.9 Å². The van der Waals surface area contributed by atoms with Crippen molar-refractivity contribution in [1.29, 1.82) is 0 Å². The molecule has 0 fully saturated rings. The van der Waals surface area contributed by atoms with Crippen LogP contribution in [-0.2, 0) is 4.79 Å². The zero-order chi connectivity index (χ0) is 12.4. The highest BCUT2D eigenvalue weighted by Gasteiger charge is 2.03. The number of anilines is 1. The quantitative estimate of drug-likeness (QED) is 0.742. The van der Waals surface area contributed by atoms with E-state index < -0.39 is 0 Å². The lowest BCUT2D eigenvalue weighted by Crippen LogP contribution is -2.08. The van der Waals surface area contributed by atoms with Crippen LogP contribution < -0.4 is 9.64 Å². The largest absolute Gasteiger partial charge is 0.408 e. The van der Waals surface area contributed by atoms with Gasteiger partial charge < -0.3 is 9.64 Å². The summed E-state index contributed by atoms with van der Waals surface area (Å²) in [6.45, 7) is 1.36. The second-order valence-corrected chi connectivity index (χ2v) is 4.01. The number of benzene rings is 1. The van der Waals surface area contributed by atoms with Gasteiger partial charge in [0.15, 0.2) is 0 Å². The van der Waals surface area contributed by atoms with Crippen LogP contribution in [0.15, 0.2) is 30.3 Å². The summed E-state index contributed by atoms with van der Waals surface area (Å²) in [7, 11) is 3.98. The highest BCUT2D eigenvalue weighted by molar-refractivity contribution is 5.83. The minimum atomic E-state index is -0.359. The average molecular weight is 230 g/mol. The van der Waals surface area contributed by atoms with E-state index >= 15 is 0 Å². The molecule has 88 valence electrons. The first-order chi connectivity index (χ1) is 8.06. The summed E-state index contributed by atoms with van der Waals surface area (Å²) in [5.41, 5.74) is 1.92. The van der Waals surface area contributed by atoms with Gasteiger partial charge in [0, 0.05) is 38.2 Å². The standard InChI is InChI=1S/C13H14N2O2/c1-9(16)17-13-7-4-10-8-11(15(2)3)5-6-12(10)14-13/h4-8H,1-3H3. The SMILES string of the molecule is CC(=O)Oc1ccc2cc(N(C)C)ccc2n1. The molecule has 1 aromatic heterocycles. The van der Waals surface area contributed by atoms with E-state index in [9.17, 15) is 4.79 Å². The van der Waals surface area contributed by atoms with E-state index in [0.29, 0.717) is 5.88 Å². The lowest BCUT2D eigenvalue weighted by molar-refractivity contribution is -0.132. The summed E-state index contributed by atoms with van der Waals surface area (Å²) in [6.07, 6.45) is 0. The Morgan fingerprint density at radius 1 is 1.24 bits per heavy atom. The Kier molecular flexibility index (Phi) is 2.95. The van der Waals surface area contributed by atoms with Crippen molar-refractivity contribution in [3.05, 3.63) is 30.3 Å². The molecule has 4 nitrogen and oxygen atoms in total. The number of ether oxygens (including phenoxy) is 1. The number of nitrogens with zero attached hydrogens (tertiary/aromatic N) is 2. The smallest absolute Gasteiger partial charge is 0.309 e. The van der Waals surface area contributed by atoms with Gasteiger partial charge in [-0.1, -0.05) is 0 Å². The Hall–Kier alpha value is -2.10. The molecule has 0 unspecified atom stereocenters. The summed E-state index contributed by atoms with van der Waals surface area (Å²) in [5, 5.41) is 1.02. The van der Waals surface area contributed by atoms with Crippen LogP contribution in [0.3, 0.4) is 0 Å². The van der Waals surface area contributed by atoms with Crippen molar-refractivity contribution < 1.29 is 9.53 Å². The van der Waals surface area contributed by atoms with Crippen LogP contribution in [-0.4, -0.2) is 25.0 Å². The number of esters is 1. The van der Waals surface area contributed by atoms with Gasteiger partial charge in [-0.15, -0.1) is 0 Å². The molecular weight excluding hydrogens is 216 g/mol. The molecule has 0 saturated carbocycles. The predicted molar refractivity (Wildman–Crippen MR) is 67.4 cm³/mol. The van der Waals surface area contributed by atoms with Crippen LogP contribution >= 0.6 is 0 Å². The van der Waals surface area contributed by atoms with Crippen molar-refractivity contribution in [2.24, 2.45) is 0 Å². The van der Waals surface area contributed by atoms with Crippen molar-refractivity contribution in [3.8, 4) is 5.88 Å². The summed E-state index contributed by atoms with van der Waals surface area (Å²) < 4.78 is 4.94. The van der Waals surface area contributed by atoms with E-state index in [0.717, 1.165) is 16.6 Å². The monoisotopic (exact) mass is 230 g/mol. The minimum absolute atomic E-state index is 0.336. The number of carbonyl (C=O) groups excluding carboxylic acids is 1. The van der Waals surface area contributed by atoms with Gasteiger partial charge in [-0.3, -0.25) is 4.79 Å². The van der Waals surface area contributed by atoms with Crippen molar-refractivity contribution in [1.82, 2.24) is 4.98 Å². The molecule has 0 atom stereocenters. The zero-order valence-corrected chi connectivity index (χ0v) is 10.1. The summed E-state index contributed by atoms with van der Waals surface area (Å²) in [6, 6.07) is 9.53. The molecular formula is C13H14N2O2. The van der Waals surface area contributed by atoms with Crippen LogP contribution in [0.1, 0.15) is 6.92 Å². The number of fused-ring (bicyclic) bond motifs is 1. The molecule has 0 bridgehead atoms. The van der Waals surface area contributed by atoms with E-state index in [4.69, 9.17) is 4.74 Å². The maximum Gasteiger partial charge on any atom is 0.309 e. The molecule has 0 aliphatic heterocycles. The fourth-order valence-corrected chi connectivity index (χ4v) is 1.58. The molecule has 1 aromatic carbocycles. The molecule has 0 N–H and O–H groups in total. The van der Waals surface area contributed by atoms with Gasteiger partial charge in [-0.2, -0.15) is 0 Å². The minimum Gasteiger partial charge on any atom is -0.408 e. The molecule has 0 saturated heterocycles. The zero-order valence-electron chi connectivity index (χ0n) is 10.1. The van der Waals surface area contributed by atoms with Gasteiger partial charge in [0.05, 0.1) is 5.52 Å². The van der Waals surface area contributed by atoms with Gasteiger partial charge in [-0.25, -0.2) is 4.98 Å². The summed E-state index contributed by atoms with van der Waals surface area (Å²) >= 11 is 0. The molecule has 2 aromatic rings. The van der Waals surface area contributed by atoms with Crippen LogP contribution in [0.4, 0.5) is 5.69 Å². The molecule has 0 spiro atoms. The van der Waals surface area contributed by atoms with Gasteiger partial charge in [0.2, 0.25) is 5.88 Å². The topological polar surface area (TPSA) is 42.4 Å². The predicted octanol–water partition coefficient (Wildman–Crippen LogP) is 2.23. The molecule has 0 aliphatic rings. The van der Waals surface area contributed by atoms with Crippen LogP contribution in [0, 0.1) is 0 Å². The van der Waals surface area contributed by atoms with Crippen molar-refractivity contribution in [2.45, 2.75) is 6.92 Å². The number of hydrogen-bond acceptors (Lipinski definition) is 4. The Bertz CT molecular complexity index is 564. The Morgan fingerprint density at radius 3 is 2.65 bits per heavy atom. The highest BCUT2D eigenvalue weighted by atomic mass is 16.5. The molecule has 0 radical (unpaired) electrons. The third kappa shape index (κ3) is 2.53. The second kappa shape index (κ2) is 4.41. The Morgan fingerprint density at radius 2 is 2.00 bits per heavy atom. The third-order valence-electron chi connectivity index (χ3n) is 2.41. The molecule has 17 heavy (non-hydrogen) atoms. The fraction of sp³-hybridized carbons (Fsp3) is 0.231. The van der Waals surface area contributed by atoms with E-state index in [-0.39, 0.29) is 5.97 Å². The maximum absolute atomic E-state index is 10.8. The lowest BCUT2D eigenvalue weighted by atomic mass is 10.2. The van der Waals surface area contributed by atoms with E-state index in [1.807, 2.05) is 43.3 Å². The molecule has 2 rings (SSSR count). The Balaban J connectivity index is 2.43. The van der Waals surface area contributed by atoms with Crippen molar-refractivity contribution in [2.75, 3.05) is 19.0 Å². The normalized spacial score (nSPS) is 10.3. The van der Waals surface area contributed by atoms with Crippen molar-refractivity contribution in [3.63, 3.8) is 0 Å². The highest BCUT2D eigenvalue weighted by Crippen LogP contribution is 2.21. The van der Waals surface area contributed by atoms with Crippen LogP contribution in [0.5, 0.6) is 5.88 Å². The first-order valence-corrected chi connectivity index (χ1v) is 5.33. The molecule has 0 aliphatic carbocycles. The van der Waals surface area contributed by atoms with E-state index in [1.54, 1.807) is 6.07 Å². The summed E-state index contributed by atoms with van der Waals surface area (Å²) in [5.74, 6) is -0.0237. The number of hydrogen-bond donors (Lipinski definition) is 0. The lowest BCUT2D eigenvalue weighted by Gasteiger charge is -2.12. The van der Waals surface area contributed by atoms with Gasteiger partial charge in [-0.05, 0) is 24.3 Å². The number of aromatic nitrogens is 1. The first kappa shape index (κ1) is 11.4. The van der Waals surface area contributed by atoms with Crippen LogP contribution in [0.2, 0.25) is 0 Å². The Labute approximate surface area is 99.8 Å². The number of rotatable bonds is 2. The maximum atomic E-state index is 10.8. The fourth-order valence-electron chi connectivity index (χ4n) is 1.58. The van der Waals surface area contributed by atoms with Gasteiger partial charge >= 0.3 is 5.97 Å². The average Bonchev–Trinajstić information content (AvgIpc) is 2.27. The molecule has 0 amide bonds. The second-order valence-electron chi connectivity index (χ2n) is 4.01. The summed E-state index contributed by atoms with van der Waals surface area (Å²) in [4.78, 5) is 17.1. The van der Waals surface area contributed by atoms with Crippen molar-refractivity contribution >= 4 is 22.6 Å². The van der Waals surface area contributed by atoms with E-state index in [2.05, 4.69) is 4.98 Å². The molecule has 4 heteroatoms. The molecule has 1 heterocycles. The third-order valence-corrected chi connectivity index (χ3v) is 2.41.